The summed E-state index contributed by atoms with van der Waals surface area (Å²) < 4.78 is 0. The van der Waals surface area contributed by atoms with Crippen molar-refractivity contribution < 1.29 is 4.79 Å². The number of rotatable bonds is 3. The van der Waals surface area contributed by atoms with Crippen LogP contribution in [0.2, 0.25) is 0 Å². The second kappa shape index (κ2) is 6.63. The number of amides is 2. The molecule has 4 nitrogen and oxygen atoms in total. The first-order chi connectivity index (χ1) is 10.3. The Bertz CT molecular complexity index is 618. The molecule has 2 heterocycles. The average molecular weight is 299 g/mol. The van der Waals surface area contributed by atoms with Gasteiger partial charge in [-0.2, -0.15) is 0 Å². The standard InChI is InChI=1S/C16H17N3OS/c20-16(18-11-12-5-3-4-9-17-12)19-14-8-10-21-15-7-2-1-6-13(14)15/h1-7,9,14H,8,10-11H2,(H2,18,19,20)/t14-/m1/s1. The number of urea groups is 1. The maximum absolute atomic E-state index is 12.0. The molecule has 0 saturated heterocycles. The maximum atomic E-state index is 12.0. The summed E-state index contributed by atoms with van der Waals surface area (Å²) in [5.41, 5.74) is 2.06. The Morgan fingerprint density at radius 3 is 2.95 bits per heavy atom. The van der Waals surface area contributed by atoms with Crippen LogP contribution in [-0.4, -0.2) is 16.8 Å². The Hall–Kier alpha value is -2.01. The Labute approximate surface area is 128 Å². The van der Waals surface area contributed by atoms with Gasteiger partial charge in [-0.25, -0.2) is 4.79 Å². The van der Waals surface area contributed by atoms with Crippen LogP contribution in [0, 0.1) is 0 Å². The number of benzene rings is 1. The lowest BCUT2D eigenvalue weighted by Crippen LogP contribution is -2.38. The zero-order valence-corrected chi connectivity index (χ0v) is 12.4. The molecule has 0 radical (unpaired) electrons. The predicted molar refractivity (Wildman–Crippen MR) is 84.1 cm³/mol. The molecule has 1 aromatic heterocycles. The van der Waals surface area contributed by atoms with Gasteiger partial charge >= 0.3 is 6.03 Å². The van der Waals surface area contributed by atoms with Crippen molar-refractivity contribution >= 4 is 17.8 Å². The van der Waals surface area contributed by atoms with E-state index >= 15 is 0 Å². The lowest BCUT2D eigenvalue weighted by Gasteiger charge is -2.25. The number of nitrogens with zero attached hydrogens (tertiary/aromatic N) is 1. The predicted octanol–water partition coefficient (Wildman–Crippen LogP) is 3.12. The lowest BCUT2D eigenvalue weighted by molar-refractivity contribution is 0.236. The van der Waals surface area contributed by atoms with Crippen LogP contribution >= 0.6 is 11.8 Å². The van der Waals surface area contributed by atoms with Crippen molar-refractivity contribution in [1.29, 1.82) is 0 Å². The first-order valence-electron chi connectivity index (χ1n) is 6.99. The highest BCUT2D eigenvalue weighted by atomic mass is 32.2. The fourth-order valence-corrected chi connectivity index (χ4v) is 3.50. The molecular weight excluding hydrogens is 282 g/mol. The molecule has 0 aliphatic carbocycles. The SMILES string of the molecule is O=C(NCc1ccccn1)N[C@@H]1CCSc2ccccc21. The second-order valence-corrected chi connectivity index (χ2v) is 6.01. The van der Waals surface area contributed by atoms with Crippen molar-refractivity contribution in [1.82, 2.24) is 15.6 Å². The molecule has 2 aromatic rings. The molecule has 108 valence electrons. The van der Waals surface area contributed by atoms with E-state index in [4.69, 9.17) is 0 Å². The van der Waals surface area contributed by atoms with Crippen LogP contribution in [0.25, 0.3) is 0 Å². The molecular formula is C16H17N3OS. The highest BCUT2D eigenvalue weighted by Gasteiger charge is 2.21. The molecule has 21 heavy (non-hydrogen) atoms. The monoisotopic (exact) mass is 299 g/mol. The van der Waals surface area contributed by atoms with E-state index in [1.807, 2.05) is 42.1 Å². The van der Waals surface area contributed by atoms with Crippen molar-refractivity contribution in [3.05, 3.63) is 59.9 Å². The summed E-state index contributed by atoms with van der Waals surface area (Å²) in [5.74, 6) is 1.03. The summed E-state index contributed by atoms with van der Waals surface area (Å²) in [4.78, 5) is 17.5. The summed E-state index contributed by atoms with van der Waals surface area (Å²) in [6, 6.07) is 13.9. The zero-order chi connectivity index (χ0) is 14.5. The molecule has 0 saturated carbocycles. The molecule has 1 aromatic carbocycles. The van der Waals surface area contributed by atoms with E-state index in [0.717, 1.165) is 17.9 Å². The van der Waals surface area contributed by atoms with Crippen LogP contribution in [0.3, 0.4) is 0 Å². The topological polar surface area (TPSA) is 54.0 Å². The van der Waals surface area contributed by atoms with E-state index in [0.29, 0.717) is 6.54 Å². The highest BCUT2D eigenvalue weighted by molar-refractivity contribution is 7.99. The number of thioether (sulfide) groups is 1. The third-order valence-corrected chi connectivity index (χ3v) is 4.54. The van der Waals surface area contributed by atoms with Gasteiger partial charge in [-0.15, -0.1) is 11.8 Å². The van der Waals surface area contributed by atoms with Gasteiger partial charge in [0, 0.05) is 16.8 Å². The summed E-state index contributed by atoms with van der Waals surface area (Å²) in [6.07, 6.45) is 2.68. The van der Waals surface area contributed by atoms with Crippen LogP contribution in [0.15, 0.2) is 53.6 Å². The summed E-state index contributed by atoms with van der Waals surface area (Å²) >= 11 is 1.85. The van der Waals surface area contributed by atoms with E-state index in [-0.39, 0.29) is 12.1 Å². The number of nitrogens with one attached hydrogen (secondary N) is 2. The number of carbonyl (C=O) groups excluding carboxylic acids is 1. The molecule has 1 atom stereocenters. The van der Waals surface area contributed by atoms with Gasteiger partial charge in [0.25, 0.3) is 0 Å². The van der Waals surface area contributed by atoms with Gasteiger partial charge < -0.3 is 10.6 Å². The molecule has 0 unspecified atom stereocenters. The Balaban J connectivity index is 1.58. The van der Waals surface area contributed by atoms with E-state index in [1.54, 1.807) is 6.20 Å². The summed E-state index contributed by atoms with van der Waals surface area (Å²) in [6.45, 7) is 0.440. The zero-order valence-electron chi connectivity index (χ0n) is 11.6. The van der Waals surface area contributed by atoms with Gasteiger partial charge in [0.15, 0.2) is 0 Å². The molecule has 0 bridgehead atoms. The van der Waals surface area contributed by atoms with Gasteiger partial charge in [0.2, 0.25) is 0 Å². The number of pyridine rings is 1. The number of fused-ring (bicyclic) bond motifs is 1. The van der Waals surface area contributed by atoms with Crippen LogP contribution < -0.4 is 10.6 Å². The fraction of sp³-hybridized carbons (Fsp3) is 0.250. The Morgan fingerprint density at radius 1 is 1.24 bits per heavy atom. The maximum Gasteiger partial charge on any atom is 0.315 e. The van der Waals surface area contributed by atoms with Gasteiger partial charge in [0.1, 0.15) is 0 Å². The van der Waals surface area contributed by atoms with E-state index in [9.17, 15) is 4.79 Å². The molecule has 1 aliphatic heterocycles. The summed E-state index contributed by atoms with van der Waals surface area (Å²) in [7, 11) is 0. The van der Waals surface area contributed by atoms with Crippen molar-refractivity contribution in [2.75, 3.05) is 5.75 Å². The molecule has 5 heteroatoms. The number of hydrogen-bond donors (Lipinski definition) is 2. The van der Waals surface area contributed by atoms with E-state index in [2.05, 4.69) is 27.8 Å². The molecule has 0 fully saturated rings. The van der Waals surface area contributed by atoms with Crippen molar-refractivity contribution in [2.24, 2.45) is 0 Å². The van der Waals surface area contributed by atoms with Gasteiger partial charge in [-0.3, -0.25) is 4.98 Å². The first kappa shape index (κ1) is 13.9. The largest absolute Gasteiger partial charge is 0.332 e. The lowest BCUT2D eigenvalue weighted by atomic mass is 10.0. The minimum absolute atomic E-state index is 0.0891. The van der Waals surface area contributed by atoms with Crippen molar-refractivity contribution in [3.8, 4) is 0 Å². The average Bonchev–Trinajstić information content (AvgIpc) is 2.54. The van der Waals surface area contributed by atoms with E-state index < -0.39 is 0 Å². The smallest absolute Gasteiger partial charge is 0.315 e. The van der Waals surface area contributed by atoms with Crippen LogP contribution in [-0.2, 0) is 6.54 Å². The first-order valence-corrected chi connectivity index (χ1v) is 7.97. The van der Waals surface area contributed by atoms with Gasteiger partial charge in [-0.05, 0) is 30.2 Å². The van der Waals surface area contributed by atoms with E-state index in [1.165, 1.54) is 10.5 Å². The Morgan fingerprint density at radius 2 is 2.10 bits per heavy atom. The molecule has 0 spiro atoms. The number of carbonyl (C=O) groups is 1. The molecule has 2 amide bonds. The Kier molecular flexibility index (Phi) is 4.40. The second-order valence-electron chi connectivity index (χ2n) is 4.88. The van der Waals surface area contributed by atoms with Gasteiger partial charge in [0.05, 0.1) is 18.3 Å². The number of hydrogen-bond acceptors (Lipinski definition) is 3. The third-order valence-electron chi connectivity index (χ3n) is 3.42. The molecule has 1 aliphatic rings. The minimum atomic E-state index is -0.146. The molecule has 3 rings (SSSR count). The van der Waals surface area contributed by atoms with Crippen LogP contribution in [0.5, 0.6) is 0 Å². The fourth-order valence-electron chi connectivity index (χ4n) is 2.37. The summed E-state index contributed by atoms with van der Waals surface area (Å²) in [5, 5.41) is 5.91. The highest BCUT2D eigenvalue weighted by Crippen LogP contribution is 2.35. The number of aromatic nitrogens is 1. The van der Waals surface area contributed by atoms with Crippen molar-refractivity contribution in [3.63, 3.8) is 0 Å². The quantitative estimate of drug-likeness (QED) is 0.915. The molecule has 2 N–H and O–H groups in total. The van der Waals surface area contributed by atoms with Crippen LogP contribution in [0.4, 0.5) is 4.79 Å². The van der Waals surface area contributed by atoms with Crippen LogP contribution in [0.1, 0.15) is 23.7 Å². The normalized spacial score (nSPS) is 16.9. The third kappa shape index (κ3) is 3.55. The minimum Gasteiger partial charge on any atom is -0.332 e. The van der Waals surface area contributed by atoms with Gasteiger partial charge in [-0.1, -0.05) is 24.3 Å². The van der Waals surface area contributed by atoms with Crippen molar-refractivity contribution in [2.45, 2.75) is 23.9 Å².